The summed E-state index contributed by atoms with van der Waals surface area (Å²) in [6, 6.07) is 2.53. The minimum absolute atomic E-state index is 0.127. The fourth-order valence-corrected chi connectivity index (χ4v) is 3.00. The van der Waals surface area contributed by atoms with Crippen LogP contribution in [0.3, 0.4) is 0 Å². The molecule has 7 nitrogen and oxygen atoms in total. The van der Waals surface area contributed by atoms with Crippen molar-refractivity contribution in [1.82, 2.24) is 9.59 Å². The SMILES string of the molecule is O=C(O)c1ccc(S(=O)(=O)Nc2cnns2)c(F)c1. The van der Waals surface area contributed by atoms with Gasteiger partial charge in [-0.15, -0.1) is 5.10 Å². The number of carboxylic acids is 1. The fourth-order valence-electron chi connectivity index (χ4n) is 1.25. The monoisotopic (exact) mass is 303 g/mol. The molecule has 0 aliphatic carbocycles. The molecule has 100 valence electrons. The molecule has 0 atom stereocenters. The second-order valence-corrected chi connectivity index (χ2v) is 5.77. The van der Waals surface area contributed by atoms with Crippen LogP contribution in [-0.2, 0) is 10.0 Å². The largest absolute Gasteiger partial charge is 0.478 e. The van der Waals surface area contributed by atoms with Crippen LogP contribution in [0.4, 0.5) is 9.39 Å². The molecule has 0 spiro atoms. The third-order valence-electron chi connectivity index (χ3n) is 2.06. The van der Waals surface area contributed by atoms with Crippen molar-refractivity contribution in [2.75, 3.05) is 4.72 Å². The van der Waals surface area contributed by atoms with Gasteiger partial charge in [-0.05, 0) is 18.2 Å². The zero-order valence-corrected chi connectivity index (χ0v) is 10.7. The predicted molar refractivity (Wildman–Crippen MR) is 64.1 cm³/mol. The van der Waals surface area contributed by atoms with Crippen LogP contribution in [0.15, 0.2) is 29.3 Å². The van der Waals surface area contributed by atoms with E-state index in [0.29, 0.717) is 6.07 Å². The van der Waals surface area contributed by atoms with E-state index in [2.05, 4.69) is 14.3 Å². The van der Waals surface area contributed by atoms with Crippen LogP contribution in [0.1, 0.15) is 10.4 Å². The second-order valence-electron chi connectivity index (χ2n) is 3.34. The van der Waals surface area contributed by atoms with Crippen molar-refractivity contribution in [3.8, 4) is 0 Å². The zero-order valence-electron chi connectivity index (χ0n) is 9.07. The van der Waals surface area contributed by atoms with E-state index in [0.717, 1.165) is 23.7 Å². The molecule has 0 saturated carbocycles. The molecule has 0 fully saturated rings. The second kappa shape index (κ2) is 4.90. The highest BCUT2D eigenvalue weighted by Crippen LogP contribution is 2.21. The summed E-state index contributed by atoms with van der Waals surface area (Å²) in [6.45, 7) is 0. The van der Waals surface area contributed by atoms with Gasteiger partial charge < -0.3 is 5.11 Å². The molecule has 10 heteroatoms. The average Bonchev–Trinajstić information content (AvgIpc) is 2.80. The topological polar surface area (TPSA) is 109 Å². The number of aromatic nitrogens is 2. The van der Waals surface area contributed by atoms with Crippen LogP contribution >= 0.6 is 11.5 Å². The lowest BCUT2D eigenvalue weighted by Gasteiger charge is -2.06. The lowest BCUT2D eigenvalue weighted by atomic mass is 10.2. The Hall–Kier alpha value is -2.07. The first-order valence-electron chi connectivity index (χ1n) is 4.73. The third kappa shape index (κ3) is 2.85. The number of nitrogens with zero attached hydrogens (tertiary/aromatic N) is 2. The zero-order chi connectivity index (χ0) is 14.0. The van der Waals surface area contributed by atoms with E-state index in [9.17, 15) is 17.6 Å². The van der Waals surface area contributed by atoms with E-state index < -0.39 is 26.7 Å². The van der Waals surface area contributed by atoms with Gasteiger partial charge in [0, 0.05) is 11.5 Å². The normalized spacial score (nSPS) is 11.2. The van der Waals surface area contributed by atoms with Crippen molar-refractivity contribution in [2.24, 2.45) is 0 Å². The van der Waals surface area contributed by atoms with Crippen molar-refractivity contribution >= 4 is 32.5 Å². The number of carboxylic acid groups (broad SMARTS) is 1. The molecule has 0 aliphatic rings. The van der Waals surface area contributed by atoms with Crippen LogP contribution in [0, 0.1) is 5.82 Å². The Kier molecular flexibility index (Phi) is 3.44. The molecule has 0 bridgehead atoms. The van der Waals surface area contributed by atoms with Crippen LogP contribution in [0.2, 0.25) is 0 Å². The molecule has 2 rings (SSSR count). The Morgan fingerprint density at radius 1 is 1.42 bits per heavy atom. The van der Waals surface area contributed by atoms with Crippen molar-refractivity contribution in [2.45, 2.75) is 4.90 Å². The lowest BCUT2D eigenvalue weighted by molar-refractivity contribution is 0.0696. The van der Waals surface area contributed by atoms with Crippen molar-refractivity contribution < 1.29 is 22.7 Å². The summed E-state index contributed by atoms with van der Waals surface area (Å²) in [4.78, 5) is 9.98. The Morgan fingerprint density at radius 3 is 2.68 bits per heavy atom. The minimum atomic E-state index is -4.14. The molecule has 19 heavy (non-hydrogen) atoms. The number of aromatic carboxylic acids is 1. The predicted octanol–water partition coefficient (Wildman–Crippen LogP) is 1.18. The molecule has 2 aromatic rings. The summed E-state index contributed by atoms with van der Waals surface area (Å²) in [5.41, 5.74) is -0.337. The number of rotatable bonds is 4. The first-order chi connectivity index (χ1) is 8.90. The number of benzene rings is 1. The number of halogens is 1. The van der Waals surface area contributed by atoms with E-state index in [-0.39, 0.29) is 10.6 Å². The van der Waals surface area contributed by atoms with Gasteiger partial charge in [-0.3, -0.25) is 4.72 Å². The number of hydrogen-bond donors (Lipinski definition) is 2. The summed E-state index contributed by atoms with van der Waals surface area (Å²) >= 11 is 0.790. The van der Waals surface area contributed by atoms with E-state index >= 15 is 0 Å². The van der Waals surface area contributed by atoms with E-state index in [1.807, 2.05) is 0 Å². The van der Waals surface area contributed by atoms with Gasteiger partial charge >= 0.3 is 5.97 Å². The van der Waals surface area contributed by atoms with E-state index in [1.54, 1.807) is 0 Å². The van der Waals surface area contributed by atoms with Crippen LogP contribution in [0.5, 0.6) is 0 Å². The fraction of sp³-hybridized carbons (Fsp3) is 0. The molecular formula is C9H6FN3O4S2. The minimum Gasteiger partial charge on any atom is -0.478 e. The summed E-state index contributed by atoms with van der Waals surface area (Å²) in [5, 5.41) is 12.2. The van der Waals surface area contributed by atoms with Gasteiger partial charge in [0.1, 0.15) is 15.7 Å². The van der Waals surface area contributed by atoms with Crippen molar-refractivity contribution in [3.05, 3.63) is 35.8 Å². The number of hydrogen-bond acceptors (Lipinski definition) is 6. The Labute approximate surface area is 110 Å². The maximum Gasteiger partial charge on any atom is 0.335 e. The van der Waals surface area contributed by atoms with Gasteiger partial charge in [0.05, 0.1) is 11.8 Å². The molecule has 1 heterocycles. The highest BCUT2D eigenvalue weighted by atomic mass is 32.2. The van der Waals surface area contributed by atoms with Gasteiger partial charge in [-0.25, -0.2) is 17.6 Å². The first kappa shape index (κ1) is 13.4. The molecule has 0 amide bonds. The molecule has 2 N–H and O–H groups in total. The van der Waals surface area contributed by atoms with Gasteiger partial charge in [0.25, 0.3) is 10.0 Å². The van der Waals surface area contributed by atoms with Gasteiger partial charge in [-0.2, -0.15) is 0 Å². The van der Waals surface area contributed by atoms with Gasteiger partial charge in [0.2, 0.25) is 0 Å². The first-order valence-corrected chi connectivity index (χ1v) is 6.99. The molecule has 1 aromatic heterocycles. The van der Waals surface area contributed by atoms with Crippen LogP contribution < -0.4 is 4.72 Å². The van der Waals surface area contributed by atoms with E-state index in [1.165, 1.54) is 6.20 Å². The average molecular weight is 303 g/mol. The quantitative estimate of drug-likeness (QED) is 0.877. The lowest BCUT2D eigenvalue weighted by Crippen LogP contribution is -2.14. The molecule has 1 aromatic carbocycles. The molecule has 0 radical (unpaired) electrons. The molecular weight excluding hydrogens is 297 g/mol. The number of anilines is 1. The summed E-state index contributed by atoms with van der Waals surface area (Å²) in [5.74, 6) is -2.49. The number of carbonyl (C=O) groups is 1. The maximum absolute atomic E-state index is 13.6. The maximum atomic E-state index is 13.6. The molecule has 0 saturated heterocycles. The standard InChI is InChI=1S/C9H6FN3O4S2/c10-6-3-5(9(14)15)1-2-7(6)19(16,17)12-8-4-11-13-18-8/h1-4,12H,(H,14,15). The van der Waals surface area contributed by atoms with E-state index in [4.69, 9.17) is 5.11 Å². The Bertz CT molecular complexity index is 715. The highest BCUT2D eigenvalue weighted by Gasteiger charge is 2.21. The van der Waals surface area contributed by atoms with Crippen LogP contribution in [0.25, 0.3) is 0 Å². The Morgan fingerprint density at radius 2 is 2.16 bits per heavy atom. The van der Waals surface area contributed by atoms with Gasteiger partial charge in [0.15, 0.2) is 0 Å². The molecule has 0 aliphatic heterocycles. The highest BCUT2D eigenvalue weighted by molar-refractivity contribution is 7.93. The number of sulfonamides is 1. The van der Waals surface area contributed by atoms with Gasteiger partial charge in [-0.1, -0.05) is 4.49 Å². The summed E-state index contributed by atoms with van der Waals surface area (Å²) in [7, 11) is -4.14. The Balaban J connectivity index is 2.38. The smallest absolute Gasteiger partial charge is 0.335 e. The molecule has 0 unspecified atom stereocenters. The van der Waals surface area contributed by atoms with Crippen molar-refractivity contribution in [3.63, 3.8) is 0 Å². The third-order valence-corrected chi connectivity index (χ3v) is 4.17. The number of nitrogens with one attached hydrogen (secondary N) is 1. The summed E-state index contributed by atoms with van der Waals surface area (Å²) < 4.78 is 42.9. The summed E-state index contributed by atoms with van der Waals surface area (Å²) in [6.07, 6.45) is 1.17. The van der Waals surface area contributed by atoms with Crippen molar-refractivity contribution in [1.29, 1.82) is 0 Å². The van der Waals surface area contributed by atoms with Crippen LogP contribution in [-0.4, -0.2) is 29.1 Å².